The summed E-state index contributed by atoms with van der Waals surface area (Å²) in [6.45, 7) is -3.18. The maximum Gasteiger partial charge on any atom is 0.317 e. The van der Waals surface area contributed by atoms with Crippen molar-refractivity contribution in [3.8, 4) is 0 Å². The highest BCUT2D eigenvalue weighted by Gasteiger charge is 2.20. The third-order valence-electron chi connectivity index (χ3n) is 2.28. The average molecular weight is 309 g/mol. The van der Waals surface area contributed by atoms with Crippen LogP contribution in [0.15, 0.2) is 0 Å². The summed E-state index contributed by atoms with van der Waals surface area (Å²) in [6, 6.07) is 0. The maximum atomic E-state index is 10.8. The number of carbonyl (C=O) groups is 3. The molecule has 5 N–H and O–H groups in total. The highest BCUT2D eigenvalue weighted by Crippen LogP contribution is 1.98. The van der Waals surface area contributed by atoms with Gasteiger partial charge in [0.1, 0.15) is 0 Å². The number of nitrogens with zero attached hydrogens (tertiary/aromatic N) is 3. The molecule has 0 aromatic rings. The van der Waals surface area contributed by atoms with Crippen molar-refractivity contribution in [3.05, 3.63) is 0 Å². The molecule has 0 aromatic heterocycles. The van der Waals surface area contributed by atoms with Gasteiger partial charge in [0.05, 0.1) is 46.4 Å². The van der Waals surface area contributed by atoms with E-state index in [0.29, 0.717) is 0 Å². The molecule has 11 nitrogen and oxygen atoms in total. The second kappa shape index (κ2) is 10.0. The number of hydrogen-bond donors (Lipinski definition) is 5. The smallest absolute Gasteiger partial charge is 0.317 e. The summed E-state index contributed by atoms with van der Waals surface area (Å²) >= 11 is 0. The Kier molecular flexibility index (Phi) is 9.16. The highest BCUT2D eigenvalue weighted by atomic mass is 16.4. The molecule has 11 heteroatoms. The second-order valence-electron chi connectivity index (χ2n) is 4.23. The van der Waals surface area contributed by atoms with Crippen LogP contribution >= 0.6 is 0 Å². The molecular formula is C10H19N3O8. The van der Waals surface area contributed by atoms with E-state index in [9.17, 15) is 14.4 Å². The van der Waals surface area contributed by atoms with Crippen LogP contribution in [-0.4, -0.2) is 105 Å². The Morgan fingerprint density at radius 2 is 0.952 bits per heavy atom. The third-order valence-corrected chi connectivity index (χ3v) is 2.28. The summed E-state index contributed by atoms with van der Waals surface area (Å²) < 4.78 is 0. The first-order valence-corrected chi connectivity index (χ1v) is 5.82. The Bertz CT molecular complexity index is 344. The molecule has 0 unspecified atom stereocenters. The summed E-state index contributed by atoms with van der Waals surface area (Å²) in [5.41, 5.74) is 0. The maximum absolute atomic E-state index is 10.8. The van der Waals surface area contributed by atoms with E-state index in [0.717, 1.165) is 9.80 Å². The minimum absolute atomic E-state index is 0.172. The first-order valence-electron chi connectivity index (χ1n) is 5.82. The van der Waals surface area contributed by atoms with Gasteiger partial charge in [-0.25, -0.2) is 4.90 Å². The van der Waals surface area contributed by atoms with E-state index >= 15 is 0 Å². The number of hydrogen-bond acceptors (Lipinski definition) is 8. The molecule has 0 rings (SSSR count). The van der Waals surface area contributed by atoms with Gasteiger partial charge in [-0.1, -0.05) is 0 Å². The number of carboxylic acids is 3. The fraction of sp³-hybridized carbons (Fsp3) is 0.700. The van der Waals surface area contributed by atoms with Gasteiger partial charge in [-0.15, -0.1) is 0 Å². The molecule has 0 aromatic carbocycles. The van der Waals surface area contributed by atoms with Crippen molar-refractivity contribution in [2.24, 2.45) is 0 Å². The van der Waals surface area contributed by atoms with Crippen LogP contribution in [0.4, 0.5) is 0 Å². The van der Waals surface area contributed by atoms with Crippen LogP contribution in [0.1, 0.15) is 0 Å². The minimum Gasteiger partial charge on any atom is -0.480 e. The van der Waals surface area contributed by atoms with Crippen LogP contribution < -0.4 is 0 Å². The van der Waals surface area contributed by atoms with Crippen LogP contribution in [0.25, 0.3) is 0 Å². The van der Waals surface area contributed by atoms with E-state index < -0.39 is 51.0 Å². The molecule has 0 saturated carbocycles. The molecule has 0 heterocycles. The Hall–Kier alpha value is -1.79. The molecule has 0 aliphatic heterocycles. The van der Waals surface area contributed by atoms with E-state index in [2.05, 4.69) is 0 Å². The van der Waals surface area contributed by atoms with Gasteiger partial charge in [-0.2, -0.15) is 0 Å². The SMILES string of the molecule is O=C(O)CN(CC(=O)O)CN(CC(=O)O)CN(CO)CO. The van der Waals surface area contributed by atoms with Crippen LogP contribution in [-0.2, 0) is 14.4 Å². The molecule has 21 heavy (non-hydrogen) atoms. The molecule has 0 bridgehead atoms. The molecule has 0 aliphatic rings. The number of aliphatic carboxylic acids is 3. The van der Waals surface area contributed by atoms with Crippen LogP contribution in [0, 0.1) is 0 Å². The molecule has 0 atom stereocenters. The molecule has 0 amide bonds. The largest absolute Gasteiger partial charge is 0.480 e. The van der Waals surface area contributed by atoms with Crippen LogP contribution in [0.5, 0.6) is 0 Å². The Labute approximate surface area is 120 Å². The lowest BCUT2D eigenvalue weighted by atomic mass is 10.4. The van der Waals surface area contributed by atoms with E-state index in [1.54, 1.807) is 0 Å². The number of aliphatic hydroxyl groups excluding tert-OH is 2. The van der Waals surface area contributed by atoms with Crippen molar-refractivity contribution in [3.63, 3.8) is 0 Å². The van der Waals surface area contributed by atoms with Crippen molar-refractivity contribution in [2.75, 3.05) is 46.4 Å². The zero-order valence-electron chi connectivity index (χ0n) is 11.3. The summed E-state index contributed by atoms with van der Waals surface area (Å²) in [4.78, 5) is 35.4. The Balaban J connectivity index is 4.80. The lowest BCUT2D eigenvalue weighted by molar-refractivity contribution is -0.144. The van der Waals surface area contributed by atoms with Crippen molar-refractivity contribution >= 4 is 17.9 Å². The van der Waals surface area contributed by atoms with E-state index in [4.69, 9.17) is 25.5 Å². The van der Waals surface area contributed by atoms with Gasteiger partial charge in [0, 0.05) is 0 Å². The number of rotatable bonds is 12. The van der Waals surface area contributed by atoms with Gasteiger partial charge in [0.2, 0.25) is 0 Å². The zero-order valence-corrected chi connectivity index (χ0v) is 11.3. The van der Waals surface area contributed by atoms with Crippen molar-refractivity contribution in [1.82, 2.24) is 14.7 Å². The summed E-state index contributed by atoms with van der Waals surface area (Å²) in [5.74, 6) is -3.73. The Morgan fingerprint density at radius 3 is 1.29 bits per heavy atom. The van der Waals surface area contributed by atoms with Crippen molar-refractivity contribution < 1.29 is 39.9 Å². The van der Waals surface area contributed by atoms with E-state index in [1.165, 1.54) is 4.90 Å². The second-order valence-corrected chi connectivity index (χ2v) is 4.23. The van der Waals surface area contributed by atoms with E-state index in [-0.39, 0.29) is 13.3 Å². The fourth-order valence-electron chi connectivity index (χ4n) is 1.57. The summed E-state index contributed by atoms with van der Waals surface area (Å²) in [7, 11) is 0. The molecule has 0 spiro atoms. The molecule has 0 aliphatic carbocycles. The summed E-state index contributed by atoms with van der Waals surface area (Å²) in [6.07, 6.45) is 0. The average Bonchev–Trinajstić information content (AvgIpc) is 2.33. The molecule has 0 fully saturated rings. The predicted molar refractivity (Wildman–Crippen MR) is 66.9 cm³/mol. The molecular weight excluding hydrogens is 290 g/mol. The number of aliphatic hydroxyl groups is 2. The van der Waals surface area contributed by atoms with Gasteiger partial charge in [0.25, 0.3) is 0 Å². The normalized spacial score (nSPS) is 11.3. The van der Waals surface area contributed by atoms with E-state index in [1.807, 2.05) is 0 Å². The van der Waals surface area contributed by atoms with Crippen LogP contribution in [0.3, 0.4) is 0 Å². The zero-order chi connectivity index (χ0) is 16.4. The monoisotopic (exact) mass is 309 g/mol. The van der Waals surface area contributed by atoms with Gasteiger partial charge in [0.15, 0.2) is 0 Å². The first kappa shape index (κ1) is 19.2. The molecule has 122 valence electrons. The van der Waals surface area contributed by atoms with Gasteiger partial charge in [-0.3, -0.25) is 24.2 Å². The third kappa shape index (κ3) is 9.70. The summed E-state index contributed by atoms with van der Waals surface area (Å²) in [5, 5.41) is 44.0. The lowest BCUT2D eigenvalue weighted by Gasteiger charge is -2.30. The Morgan fingerprint density at radius 1 is 0.619 bits per heavy atom. The molecule has 0 radical (unpaired) electrons. The topological polar surface area (TPSA) is 162 Å². The predicted octanol–water partition coefficient (Wildman–Crippen LogP) is -3.04. The first-order chi connectivity index (χ1) is 9.78. The van der Waals surface area contributed by atoms with Crippen molar-refractivity contribution in [2.45, 2.75) is 0 Å². The van der Waals surface area contributed by atoms with Gasteiger partial charge >= 0.3 is 17.9 Å². The van der Waals surface area contributed by atoms with Gasteiger partial charge < -0.3 is 25.5 Å². The van der Waals surface area contributed by atoms with Crippen molar-refractivity contribution in [1.29, 1.82) is 0 Å². The quantitative estimate of drug-likeness (QED) is 0.233. The number of carboxylic acid groups (broad SMARTS) is 3. The van der Waals surface area contributed by atoms with Crippen LogP contribution in [0.2, 0.25) is 0 Å². The fourth-order valence-corrected chi connectivity index (χ4v) is 1.57. The van der Waals surface area contributed by atoms with Gasteiger partial charge in [-0.05, 0) is 0 Å². The minimum atomic E-state index is -1.26. The standard InChI is InChI=1S/C10H19N3O8/c14-6-13(7-15)5-12(3-10(20)21)4-11(1-8(16)17)2-9(18)19/h14-15H,1-7H2,(H,16,17)(H,18,19)(H,20,21). The lowest BCUT2D eigenvalue weighted by Crippen LogP contribution is -2.49. The highest BCUT2D eigenvalue weighted by molar-refractivity contribution is 5.72. The molecule has 0 saturated heterocycles.